The van der Waals surface area contributed by atoms with Gasteiger partial charge in [-0.3, -0.25) is 0 Å². The SMILES string of the molecule is Cc1cc(NC(C)CC(C)C)ccc1F. The van der Waals surface area contributed by atoms with Crippen LogP contribution >= 0.6 is 0 Å². The lowest BCUT2D eigenvalue weighted by molar-refractivity contribution is 0.539. The molecule has 1 nitrogen and oxygen atoms in total. The number of rotatable bonds is 4. The van der Waals surface area contributed by atoms with E-state index in [2.05, 4.69) is 26.1 Å². The molecule has 0 amide bonds. The Kier molecular flexibility index (Phi) is 4.13. The van der Waals surface area contributed by atoms with Crippen molar-refractivity contribution in [2.24, 2.45) is 5.92 Å². The molecule has 1 N–H and O–H groups in total. The van der Waals surface area contributed by atoms with Gasteiger partial charge in [-0.05, 0) is 49.9 Å². The van der Waals surface area contributed by atoms with Gasteiger partial charge in [-0.15, -0.1) is 0 Å². The van der Waals surface area contributed by atoms with E-state index >= 15 is 0 Å². The van der Waals surface area contributed by atoms with Crippen molar-refractivity contribution in [3.63, 3.8) is 0 Å². The van der Waals surface area contributed by atoms with E-state index in [0.29, 0.717) is 17.5 Å². The number of hydrogen-bond acceptors (Lipinski definition) is 1. The van der Waals surface area contributed by atoms with Crippen LogP contribution in [0.15, 0.2) is 18.2 Å². The highest BCUT2D eigenvalue weighted by Gasteiger charge is 2.05. The van der Waals surface area contributed by atoms with Crippen molar-refractivity contribution < 1.29 is 4.39 Å². The average Bonchev–Trinajstić information content (AvgIpc) is 2.10. The molecule has 84 valence electrons. The Hall–Kier alpha value is -1.05. The molecule has 0 radical (unpaired) electrons. The molecule has 1 aromatic rings. The molecule has 0 bridgehead atoms. The Morgan fingerprint density at radius 1 is 1.27 bits per heavy atom. The summed E-state index contributed by atoms with van der Waals surface area (Å²) < 4.78 is 13.0. The summed E-state index contributed by atoms with van der Waals surface area (Å²) in [6.45, 7) is 8.34. The van der Waals surface area contributed by atoms with Crippen molar-refractivity contribution in [2.45, 2.75) is 40.2 Å². The van der Waals surface area contributed by atoms with Gasteiger partial charge < -0.3 is 5.32 Å². The van der Waals surface area contributed by atoms with Crippen molar-refractivity contribution in [1.29, 1.82) is 0 Å². The molecule has 1 rings (SSSR count). The molecular weight excluding hydrogens is 189 g/mol. The highest BCUT2D eigenvalue weighted by atomic mass is 19.1. The van der Waals surface area contributed by atoms with E-state index < -0.39 is 0 Å². The number of halogens is 1. The predicted octanol–water partition coefficient (Wildman–Crippen LogP) is 3.98. The maximum Gasteiger partial charge on any atom is 0.126 e. The van der Waals surface area contributed by atoms with Gasteiger partial charge in [0.15, 0.2) is 0 Å². The first-order valence-corrected chi connectivity index (χ1v) is 5.51. The van der Waals surface area contributed by atoms with E-state index in [9.17, 15) is 4.39 Å². The Balaban J connectivity index is 2.60. The van der Waals surface area contributed by atoms with Gasteiger partial charge in [-0.1, -0.05) is 13.8 Å². The van der Waals surface area contributed by atoms with Crippen molar-refractivity contribution in [2.75, 3.05) is 5.32 Å². The number of anilines is 1. The molecular formula is C13H20FN. The van der Waals surface area contributed by atoms with Crippen molar-refractivity contribution >= 4 is 5.69 Å². The van der Waals surface area contributed by atoms with Crippen LogP contribution in [0.4, 0.5) is 10.1 Å². The zero-order valence-electron chi connectivity index (χ0n) is 9.97. The molecule has 0 heterocycles. The highest BCUT2D eigenvalue weighted by Crippen LogP contribution is 2.16. The average molecular weight is 209 g/mol. The smallest absolute Gasteiger partial charge is 0.126 e. The number of aryl methyl sites for hydroxylation is 1. The second kappa shape index (κ2) is 5.15. The number of nitrogens with one attached hydrogen (secondary N) is 1. The fraction of sp³-hybridized carbons (Fsp3) is 0.538. The summed E-state index contributed by atoms with van der Waals surface area (Å²) >= 11 is 0. The molecule has 0 aliphatic heterocycles. The van der Waals surface area contributed by atoms with Gasteiger partial charge in [0.05, 0.1) is 0 Å². The molecule has 0 fully saturated rings. The van der Waals surface area contributed by atoms with E-state index in [1.165, 1.54) is 6.07 Å². The van der Waals surface area contributed by atoms with Crippen LogP contribution in [-0.2, 0) is 0 Å². The monoisotopic (exact) mass is 209 g/mol. The maximum absolute atomic E-state index is 13.0. The van der Waals surface area contributed by atoms with Gasteiger partial charge >= 0.3 is 0 Å². The largest absolute Gasteiger partial charge is 0.383 e. The zero-order valence-corrected chi connectivity index (χ0v) is 9.97. The van der Waals surface area contributed by atoms with E-state index in [4.69, 9.17) is 0 Å². The van der Waals surface area contributed by atoms with Gasteiger partial charge in [-0.25, -0.2) is 4.39 Å². The highest BCUT2D eigenvalue weighted by molar-refractivity contribution is 5.46. The molecule has 1 aromatic carbocycles. The number of benzene rings is 1. The zero-order chi connectivity index (χ0) is 11.4. The van der Waals surface area contributed by atoms with E-state index in [0.717, 1.165) is 12.1 Å². The summed E-state index contributed by atoms with van der Waals surface area (Å²) in [6.07, 6.45) is 1.12. The lowest BCUT2D eigenvalue weighted by atomic mass is 10.0. The van der Waals surface area contributed by atoms with E-state index in [-0.39, 0.29) is 5.82 Å². The molecule has 15 heavy (non-hydrogen) atoms. The van der Waals surface area contributed by atoms with Crippen LogP contribution in [0.2, 0.25) is 0 Å². The van der Waals surface area contributed by atoms with E-state index in [1.807, 2.05) is 6.07 Å². The topological polar surface area (TPSA) is 12.0 Å². The van der Waals surface area contributed by atoms with Crippen LogP contribution < -0.4 is 5.32 Å². The van der Waals surface area contributed by atoms with Crippen LogP contribution in [0.25, 0.3) is 0 Å². The van der Waals surface area contributed by atoms with Crippen LogP contribution in [0, 0.1) is 18.7 Å². The fourth-order valence-corrected chi connectivity index (χ4v) is 1.79. The summed E-state index contributed by atoms with van der Waals surface area (Å²) in [5.41, 5.74) is 1.69. The maximum atomic E-state index is 13.0. The Labute approximate surface area is 91.7 Å². The standard InChI is InChI=1S/C13H20FN/c1-9(2)7-11(4)15-12-5-6-13(14)10(3)8-12/h5-6,8-9,11,15H,7H2,1-4H3. The third kappa shape index (κ3) is 3.90. The van der Waals surface area contributed by atoms with Crippen LogP contribution in [0.1, 0.15) is 32.8 Å². The summed E-state index contributed by atoms with van der Waals surface area (Å²) in [5, 5.41) is 3.37. The van der Waals surface area contributed by atoms with Gasteiger partial charge in [0.25, 0.3) is 0 Å². The minimum absolute atomic E-state index is 0.142. The van der Waals surface area contributed by atoms with Crippen LogP contribution in [-0.4, -0.2) is 6.04 Å². The second-order valence-electron chi connectivity index (χ2n) is 4.64. The molecule has 0 aliphatic carbocycles. The minimum atomic E-state index is -0.142. The first-order valence-electron chi connectivity index (χ1n) is 5.51. The first kappa shape index (κ1) is 12.0. The molecule has 0 aliphatic rings. The Bertz CT molecular complexity index is 320. The quantitative estimate of drug-likeness (QED) is 0.791. The molecule has 0 saturated heterocycles. The second-order valence-corrected chi connectivity index (χ2v) is 4.64. The van der Waals surface area contributed by atoms with Crippen molar-refractivity contribution in [1.82, 2.24) is 0 Å². The molecule has 1 unspecified atom stereocenters. The lowest BCUT2D eigenvalue weighted by Crippen LogP contribution is -2.17. The predicted molar refractivity (Wildman–Crippen MR) is 63.7 cm³/mol. The normalized spacial score (nSPS) is 12.9. The van der Waals surface area contributed by atoms with Gasteiger partial charge in [0.2, 0.25) is 0 Å². The van der Waals surface area contributed by atoms with Crippen molar-refractivity contribution in [3.8, 4) is 0 Å². The van der Waals surface area contributed by atoms with Gasteiger partial charge in [-0.2, -0.15) is 0 Å². The third-order valence-electron chi connectivity index (χ3n) is 2.40. The van der Waals surface area contributed by atoms with Crippen molar-refractivity contribution in [3.05, 3.63) is 29.6 Å². The van der Waals surface area contributed by atoms with Gasteiger partial charge in [0.1, 0.15) is 5.82 Å². The van der Waals surface area contributed by atoms with Crippen LogP contribution in [0.5, 0.6) is 0 Å². The van der Waals surface area contributed by atoms with Crippen LogP contribution in [0.3, 0.4) is 0 Å². The first-order chi connectivity index (χ1) is 6.99. The number of hydrogen-bond donors (Lipinski definition) is 1. The summed E-state index contributed by atoms with van der Waals surface area (Å²) in [5.74, 6) is 0.533. The summed E-state index contributed by atoms with van der Waals surface area (Å²) in [6, 6.07) is 5.58. The molecule has 2 heteroatoms. The lowest BCUT2D eigenvalue weighted by Gasteiger charge is -2.17. The minimum Gasteiger partial charge on any atom is -0.383 e. The Morgan fingerprint density at radius 2 is 1.93 bits per heavy atom. The van der Waals surface area contributed by atoms with Gasteiger partial charge in [0, 0.05) is 11.7 Å². The summed E-state index contributed by atoms with van der Waals surface area (Å²) in [7, 11) is 0. The summed E-state index contributed by atoms with van der Waals surface area (Å²) in [4.78, 5) is 0. The third-order valence-corrected chi connectivity index (χ3v) is 2.40. The molecule has 0 aromatic heterocycles. The Morgan fingerprint density at radius 3 is 2.47 bits per heavy atom. The molecule has 0 spiro atoms. The fourth-order valence-electron chi connectivity index (χ4n) is 1.79. The molecule has 0 saturated carbocycles. The van der Waals surface area contributed by atoms with E-state index in [1.54, 1.807) is 13.0 Å². The molecule has 1 atom stereocenters.